The van der Waals surface area contributed by atoms with Crippen molar-refractivity contribution in [3.8, 4) is 51.0 Å². The van der Waals surface area contributed by atoms with Crippen LogP contribution in [0.4, 0.5) is 0 Å². The number of aromatic nitrogens is 4. The van der Waals surface area contributed by atoms with Gasteiger partial charge in [-0.2, -0.15) is 9.97 Å². The minimum Gasteiger partial charge on any atom is -0.456 e. The van der Waals surface area contributed by atoms with Crippen LogP contribution in [0.1, 0.15) is 25.0 Å². The summed E-state index contributed by atoms with van der Waals surface area (Å²) in [5.41, 5.74) is 12.9. The number of hydrogen-bond acceptors (Lipinski definition) is 4. The summed E-state index contributed by atoms with van der Waals surface area (Å²) in [4.78, 5) is 15.7. The lowest BCUT2D eigenvalue weighted by atomic mass is 9.82. The third-order valence-corrected chi connectivity index (χ3v) is 11.1. The average molecular weight is 681 g/mol. The maximum Gasteiger partial charge on any atom is 0.238 e. The van der Waals surface area contributed by atoms with Crippen LogP contribution in [0.2, 0.25) is 0 Å². The van der Waals surface area contributed by atoms with Crippen LogP contribution in [0, 0.1) is 0 Å². The van der Waals surface area contributed by atoms with Crippen LogP contribution in [0.25, 0.3) is 94.7 Å². The summed E-state index contributed by atoms with van der Waals surface area (Å²) in [6, 6.07) is 55.2. The van der Waals surface area contributed by atoms with Crippen molar-refractivity contribution in [2.45, 2.75) is 19.3 Å². The molecule has 3 heterocycles. The lowest BCUT2D eigenvalue weighted by Gasteiger charge is -2.21. The van der Waals surface area contributed by atoms with Crippen molar-refractivity contribution in [1.29, 1.82) is 0 Å². The van der Waals surface area contributed by atoms with Gasteiger partial charge in [0.25, 0.3) is 0 Å². The summed E-state index contributed by atoms with van der Waals surface area (Å²) in [5.74, 6) is 1.77. The second-order valence-electron chi connectivity index (χ2n) is 14.4. The summed E-state index contributed by atoms with van der Waals surface area (Å²) in [6.07, 6.45) is 0. The first-order chi connectivity index (χ1) is 26.0. The van der Waals surface area contributed by atoms with E-state index in [-0.39, 0.29) is 5.41 Å². The molecule has 0 spiro atoms. The Bertz CT molecular complexity index is 3080. The Labute approximate surface area is 305 Å². The Kier molecular flexibility index (Phi) is 6.23. The van der Waals surface area contributed by atoms with Crippen molar-refractivity contribution in [1.82, 2.24) is 19.5 Å². The second kappa shape index (κ2) is 11.1. The van der Waals surface area contributed by atoms with Gasteiger partial charge in [-0.05, 0) is 52.1 Å². The van der Waals surface area contributed by atoms with Gasteiger partial charge in [-0.1, -0.05) is 147 Å². The highest BCUT2D eigenvalue weighted by atomic mass is 16.3. The van der Waals surface area contributed by atoms with E-state index in [1.54, 1.807) is 0 Å². The minimum absolute atomic E-state index is 0.150. The van der Waals surface area contributed by atoms with Gasteiger partial charge in [0.05, 0.1) is 11.0 Å². The SMILES string of the molecule is CC1(C)c2ccccc2-c2c1ccc1c3ccccc3n(-c3nc(-c4ccccc4)nc(-c4ccc5c(c4)oc4cccc(-c6ccccc6)c45)n3)c21. The van der Waals surface area contributed by atoms with Crippen LogP contribution in [0.15, 0.2) is 162 Å². The van der Waals surface area contributed by atoms with E-state index in [2.05, 4.69) is 146 Å². The van der Waals surface area contributed by atoms with E-state index < -0.39 is 0 Å². The molecule has 53 heavy (non-hydrogen) atoms. The van der Waals surface area contributed by atoms with E-state index in [9.17, 15) is 0 Å². The Balaban J connectivity index is 1.19. The lowest BCUT2D eigenvalue weighted by Crippen LogP contribution is -2.14. The van der Waals surface area contributed by atoms with Gasteiger partial charge in [0, 0.05) is 43.7 Å². The fourth-order valence-electron chi connectivity index (χ4n) is 8.58. The van der Waals surface area contributed by atoms with Crippen molar-refractivity contribution in [2.75, 3.05) is 0 Å². The van der Waals surface area contributed by atoms with Gasteiger partial charge in [0.1, 0.15) is 11.2 Å². The second-order valence-corrected chi connectivity index (χ2v) is 14.4. The van der Waals surface area contributed by atoms with E-state index in [1.165, 1.54) is 27.6 Å². The zero-order valence-corrected chi connectivity index (χ0v) is 29.2. The number of nitrogens with zero attached hydrogens (tertiary/aromatic N) is 4. The average Bonchev–Trinajstić information content (AvgIpc) is 3.83. The number of para-hydroxylation sites is 1. The Morgan fingerprint density at radius 2 is 1.17 bits per heavy atom. The lowest BCUT2D eigenvalue weighted by molar-refractivity contribution is 0.660. The van der Waals surface area contributed by atoms with E-state index in [1.807, 2.05) is 30.3 Å². The molecule has 5 heteroatoms. The van der Waals surface area contributed by atoms with Crippen molar-refractivity contribution in [2.24, 2.45) is 0 Å². The van der Waals surface area contributed by atoms with Crippen molar-refractivity contribution in [3.63, 3.8) is 0 Å². The van der Waals surface area contributed by atoms with Crippen LogP contribution in [-0.2, 0) is 5.41 Å². The molecule has 0 N–H and O–H groups in total. The highest BCUT2D eigenvalue weighted by Gasteiger charge is 2.37. The molecule has 3 aromatic heterocycles. The molecule has 0 bridgehead atoms. The molecule has 0 saturated heterocycles. The van der Waals surface area contributed by atoms with Crippen molar-refractivity contribution < 1.29 is 4.42 Å². The summed E-state index contributed by atoms with van der Waals surface area (Å²) < 4.78 is 8.79. The number of rotatable bonds is 4. The molecule has 0 unspecified atom stereocenters. The van der Waals surface area contributed by atoms with Crippen LogP contribution in [0.3, 0.4) is 0 Å². The molecule has 0 aliphatic heterocycles. The van der Waals surface area contributed by atoms with Gasteiger partial charge in [-0.25, -0.2) is 4.98 Å². The molecule has 7 aromatic carbocycles. The van der Waals surface area contributed by atoms with Gasteiger partial charge in [0.15, 0.2) is 11.6 Å². The Morgan fingerprint density at radius 1 is 0.491 bits per heavy atom. The summed E-state index contributed by atoms with van der Waals surface area (Å²) >= 11 is 0. The van der Waals surface area contributed by atoms with E-state index >= 15 is 0 Å². The molecule has 10 aromatic rings. The molecule has 11 rings (SSSR count). The smallest absolute Gasteiger partial charge is 0.238 e. The van der Waals surface area contributed by atoms with Crippen LogP contribution in [-0.4, -0.2) is 19.5 Å². The number of hydrogen-bond donors (Lipinski definition) is 0. The number of furan rings is 1. The van der Waals surface area contributed by atoms with Crippen LogP contribution in [0.5, 0.6) is 0 Å². The predicted molar refractivity (Wildman–Crippen MR) is 215 cm³/mol. The highest BCUT2D eigenvalue weighted by Crippen LogP contribution is 2.52. The standard InChI is InChI=1S/C48H32N4O/c1-48(2)37-21-11-9-19-35(37)43-38(48)27-26-34-33-18-10-12-22-39(33)52(44(34)43)47-50-45(30-16-7-4-8-17-30)49-46(51-47)31-24-25-36-41(28-31)53-40-23-13-20-32(42(36)40)29-14-5-3-6-15-29/h3-28H,1-2H3. The molecule has 250 valence electrons. The number of fused-ring (bicyclic) bond motifs is 10. The van der Waals surface area contributed by atoms with Crippen molar-refractivity contribution in [3.05, 3.63) is 169 Å². The first-order valence-corrected chi connectivity index (χ1v) is 18.0. The first-order valence-electron chi connectivity index (χ1n) is 18.0. The largest absolute Gasteiger partial charge is 0.456 e. The van der Waals surface area contributed by atoms with Crippen LogP contribution >= 0.6 is 0 Å². The van der Waals surface area contributed by atoms with Gasteiger partial charge in [0.2, 0.25) is 5.95 Å². The van der Waals surface area contributed by atoms with E-state index in [4.69, 9.17) is 19.4 Å². The molecule has 1 aliphatic carbocycles. The molecule has 0 amide bonds. The Morgan fingerprint density at radius 3 is 2.00 bits per heavy atom. The zero-order valence-electron chi connectivity index (χ0n) is 29.2. The third-order valence-electron chi connectivity index (χ3n) is 11.1. The molecule has 0 radical (unpaired) electrons. The number of benzene rings is 7. The van der Waals surface area contributed by atoms with E-state index in [0.717, 1.165) is 60.6 Å². The monoisotopic (exact) mass is 680 g/mol. The van der Waals surface area contributed by atoms with Gasteiger partial charge in [-0.15, -0.1) is 0 Å². The molecule has 0 fully saturated rings. The normalized spacial score (nSPS) is 13.2. The fraction of sp³-hybridized carbons (Fsp3) is 0.0625. The zero-order chi connectivity index (χ0) is 35.3. The topological polar surface area (TPSA) is 56.7 Å². The summed E-state index contributed by atoms with van der Waals surface area (Å²) in [7, 11) is 0. The fourth-order valence-corrected chi connectivity index (χ4v) is 8.58. The predicted octanol–water partition coefficient (Wildman–Crippen LogP) is 12.2. The van der Waals surface area contributed by atoms with E-state index in [0.29, 0.717) is 17.6 Å². The molecule has 5 nitrogen and oxygen atoms in total. The summed E-state index contributed by atoms with van der Waals surface area (Å²) in [5, 5.41) is 4.49. The molecule has 0 saturated carbocycles. The Hall–Kier alpha value is -6.85. The molecule has 1 aliphatic rings. The van der Waals surface area contributed by atoms with Gasteiger partial charge >= 0.3 is 0 Å². The minimum atomic E-state index is -0.150. The highest BCUT2D eigenvalue weighted by molar-refractivity contribution is 6.16. The van der Waals surface area contributed by atoms with Crippen LogP contribution < -0.4 is 0 Å². The maximum atomic E-state index is 6.54. The molecule has 0 atom stereocenters. The van der Waals surface area contributed by atoms with Crippen molar-refractivity contribution >= 4 is 43.7 Å². The van der Waals surface area contributed by atoms with Gasteiger partial charge in [-0.3, -0.25) is 4.57 Å². The maximum absolute atomic E-state index is 6.54. The molecular formula is C48H32N4O. The third kappa shape index (κ3) is 4.34. The van der Waals surface area contributed by atoms with Gasteiger partial charge < -0.3 is 4.42 Å². The quantitative estimate of drug-likeness (QED) is 0.186. The summed E-state index contributed by atoms with van der Waals surface area (Å²) in [6.45, 7) is 4.64. The molecular weight excluding hydrogens is 649 g/mol. The first kappa shape index (κ1) is 29.8.